The molecule has 0 aliphatic rings. The Balaban J connectivity index is 2.13. The molecule has 2 aromatic rings. The molecule has 3 amide bonds. The molecule has 13 nitrogen and oxygen atoms in total. The van der Waals surface area contributed by atoms with Crippen LogP contribution in [0.25, 0.3) is 0 Å². The minimum Gasteiger partial charge on any atom is -0.508 e. The lowest BCUT2D eigenvalue weighted by molar-refractivity contribution is -0.142. The largest absolute Gasteiger partial charge is 0.508 e. The maximum Gasteiger partial charge on any atom is 0.326 e. The predicted molar refractivity (Wildman–Crippen MR) is 148 cm³/mol. The average molecular weight is 560 g/mol. The van der Waals surface area contributed by atoms with E-state index in [4.69, 9.17) is 11.5 Å². The molecular formula is C27H41N7O6. The third-order valence-corrected chi connectivity index (χ3v) is 6.70. The first-order valence-corrected chi connectivity index (χ1v) is 13.4. The van der Waals surface area contributed by atoms with Crippen molar-refractivity contribution < 1.29 is 29.4 Å². The lowest BCUT2D eigenvalue weighted by Crippen LogP contribution is -2.59. The highest BCUT2D eigenvalue weighted by Gasteiger charge is 2.33. The van der Waals surface area contributed by atoms with E-state index in [0.29, 0.717) is 31.5 Å². The molecule has 1 aromatic carbocycles. The number of nitrogens with zero attached hydrogens (tertiary/aromatic N) is 1. The summed E-state index contributed by atoms with van der Waals surface area (Å²) in [5.41, 5.74) is 13.0. The van der Waals surface area contributed by atoms with E-state index in [-0.39, 0.29) is 30.9 Å². The van der Waals surface area contributed by atoms with E-state index in [1.165, 1.54) is 24.7 Å². The van der Waals surface area contributed by atoms with Crippen molar-refractivity contribution in [2.24, 2.45) is 17.4 Å². The summed E-state index contributed by atoms with van der Waals surface area (Å²) in [4.78, 5) is 58.0. The summed E-state index contributed by atoms with van der Waals surface area (Å²) in [7, 11) is 0. The van der Waals surface area contributed by atoms with E-state index in [1.54, 1.807) is 19.1 Å². The number of nitrogens with one attached hydrogen (secondary N) is 4. The normalized spacial score (nSPS) is 14.8. The van der Waals surface area contributed by atoms with Crippen LogP contribution in [-0.2, 0) is 32.0 Å². The second kappa shape index (κ2) is 16.2. The van der Waals surface area contributed by atoms with Crippen LogP contribution >= 0.6 is 0 Å². The Labute approximate surface area is 233 Å². The number of aliphatic carboxylic acids is 1. The number of phenols is 1. The van der Waals surface area contributed by atoms with Crippen LogP contribution in [0.2, 0.25) is 0 Å². The van der Waals surface area contributed by atoms with Crippen molar-refractivity contribution in [1.29, 1.82) is 0 Å². The van der Waals surface area contributed by atoms with Gasteiger partial charge in [-0.05, 0) is 55.8 Å². The van der Waals surface area contributed by atoms with Crippen LogP contribution < -0.4 is 27.4 Å². The van der Waals surface area contributed by atoms with Crippen LogP contribution in [0.1, 0.15) is 50.8 Å². The number of amides is 3. The summed E-state index contributed by atoms with van der Waals surface area (Å²) in [5, 5.41) is 27.0. The van der Waals surface area contributed by atoms with Gasteiger partial charge in [-0.15, -0.1) is 0 Å². The molecule has 0 bridgehead atoms. The number of hydrogen-bond acceptors (Lipinski definition) is 8. The van der Waals surface area contributed by atoms with Crippen molar-refractivity contribution >= 4 is 23.7 Å². The number of aromatic nitrogens is 2. The molecule has 0 saturated carbocycles. The Hall–Kier alpha value is -3.97. The van der Waals surface area contributed by atoms with Gasteiger partial charge in [-0.3, -0.25) is 14.4 Å². The molecule has 220 valence electrons. The van der Waals surface area contributed by atoms with Gasteiger partial charge in [0.05, 0.1) is 12.4 Å². The summed E-state index contributed by atoms with van der Waals surface area (Å²) in [5.74, 6) is -3.24. The fourth-order valence-corrected chi connectivity index (χ4v) is 4.05. The van der Waals surface area contributed by atoms with Crippen LogP contribution in [0.5, 0.6) is 5.75 Å². The first-order valence-electron chi connectivity index (χ1n) is 13.4. The third kappa shape index (κ3) is 10.3. The molecule has 0 saturated heterocycles. The highest BCUT2D eigenvalue weighted by Crippen LogP contribution is 2.13. The second-order valence-corrected chi connectivity index (χ2v) is 9.87. The van der Waals surface area contributed by atoms with Gasteiger partial charge in [0.25, 0.3) is 0 Å². The van der Waals surface area contributed by atoms with Gasteiger partial charge in [-0.2, -0.15) is 0 Å². The van der Waals surface area contributed by atoms with Crippen molar-refractivity contribution in [2.45, 2.75) is 76.5 Å². The SMILES string of the molecule is CCC(C)C(NC(=O)C(CCCCN)NC(=O)C(N)Cc1ccc(O)cc1)C(=O)NC(Cc1cnc[nH]1)C(=O)O. The van der Waals surface area contributed by atoms with Crippen molar-refractivity contribution in [1.82, 2.24) is 25.9 Å². The maximum atomic E-state index is 13.4. The monoisotopic (exact) mass is 559 g/mol. The molecule has 10 N–H and O–H groups in total. The standard InChI is InChI=1S/C27H41N7O6/c1-3-16(2)23(26(38)33-22(27(39)40)13-18-14-30-15-31-18)34-25(37)21(6-4-5-11-28)32-24(36)20(29)12-17-7-9-19(35)10-8-17/h7-10,14-16,20-23,35H,3-6,11-13,28-29H2,1-2H3,(H,30,31)(H,32,36)(H,33,38)(H,34,37)(H,39,40). The third-order valence-electron chi connectivity index (χ3n) is 6.70. The number of carbonyl (C=O) groups is 4. The molecular weight excluding hydrogens is 518 g/mol. The predicted octanol–water partition coefficient (Wildman–Crippen LogP) is -0.0581. The van der Waals surface area contributed by atoms with Crippen LogP contribution in [0.4, 0.5) is 0 Å². The summed E-state index contributed by atoms with van der Waals surface area (Å²) < 4.78 is 0. The highest BCUT2D eigenvalue weighted by atomic mass is 16.4. The molecule has 2 rings (SSSR count). The van der Waals surface area contributed by atoms with Gasteiger partial charge in [0.15, 0.2) is 0 Å². The number of aromatic hydroxyl groups is 1. The van der Waals surface area contributed by atoms with Gasteiger partial charge < -0.3 is 42.6 Å². The van der Waals surface area contributed by atoms with Crippen molar-refractivity contribution in [2.75, 3.05) is 6.54 Å². The van der Waals surface area contributed by atoms with Gasteiger partial charge in [-0.1, -0.05) is 32.4 Å². The number of carboxylic acids is 1. The molecule has 5 atom stereocenters. The number of nitrogens with two attached hydrogens (primary N) is 2. The van der Waals surface area contributed by atoms with Gasteiger partial charge in [0.2, 0.25) is 17.7 Å². The maximum absolute atomic E-state index is 13.4. The molecule has 13 heteroatoms. The Kier molecular flexibility index (Phi) is 13.1. The van der Waals surface area contributed by atoms with E-state index in [9.17, 15) is 29.4 Å². The number of unbranched alkanes of at least 4 members (excludes halogenated alkanes) is 1. The smallest absolute Gasteiger partial charge is 0.326 e. The average Bonchev–Trinajstić information content (AvgIpc) is 3.44. The molecule has 0 spiro atoms. The minimum atomic E-state index is -1.24. The molecule has 0 aliphatic heterocycles. The first kappa shape index (κ1) is 32.2. The Bertz CT molecular complexity index is 1090. The molecule has 0 fully saturated rings. The van der Waals surface area contributed by atoms with Crippen molar-refractivity contribution in [3.05, 3.63) is 48.0 Å². The lowest BCUT2D eigenvalue weighted by atomic mass is 9.96. The van der Waals surface area contributed by atoms with Crippen LogP contribution in [0.15, 0.2) is 36.8 Å². The number of imidazole rings is 1. The number of hydrogen-bond donors (Lipinski definition) is 8. The summed E-state index contributed by atoms with van der Waals surface area (Å²) in [6.45, 7) is 4.03. The Morgan fingerprint density at radius 3 is 2.23 bits per heavy atom. The summed E-state index contributed by atoms with van der Waals surface area (Å²) in [6.07, 6.45) is 5.03. The number of rotatable bonds is 17. The van der Waals surface area contributed by atoms with Crippen LogP contribution in [-0.4, -0.2) is 74.6 Å². The number of H-pyrrole nitrogens is 1. The Morgan fingerprint density at radius 1 is 0.975 bits per heavy atom. The van der Waals surface area contributed by atoms with Crippen LogP contribution in [0.3, 0.4) is 0 Å². The summed E-state index contributed by atoms with van der Waals surface area (Å²) >= 11 is 0. The van der Waals surface area contributed by atoms with Crippen LogP contribution in [0, 0.1) is 5.92 Å². The number of carbonyl (C=O) groups excluding carboxylic acids is 3. The molecule has 1 aromatic heterocycles. The van der Waals surface area contributed by atoms with Gasteiger partial charge in [0.1, 0.15) is 23.9 Å². The van der Waals surface area contributed by atoms with Gasteiger partial charge in [0, 0.05) is 18.3 Å². The van der Waals surface area contributed by atoms with E-state index in [1.807, 2.05) is 6.92 Å². The number of aromatic amines is 1. The van der Waals surface area contributed by atoms with Crippen molar-refractivity contribution in [3.63, 3.8) is 0 Å². The topological polar surface area (TPSA) is 226 Å². The molecule has 0 radical (unpaired) electrons. The Morgan fingerprint density at radius 2 is 1.65 bits per heavy atom. The molecule has 5 unspecified atom stereocenters. The zero-order valence-electron chi connectivity index (χ0n) is 22.9. The quantitative estimate of drug-likeness (QED) is 0.121. The van der Waals surface area contributed by atoms with Gasteiger partial charge >= 0.3 is 5.97 Å². The van der Waals surface area contributed by atoms with Crippen molar-refractivity contribution in [3.8, 4) is 5.75 Å². The fourth-order valence-electron chi connectivity index (χ4n) is 4.05. The number of benzene rings is 1. The second-order valence-electron chi connectivity index (χ2n) is 9.87. The van der Waals surface area contributed by atoms with Gasteiger partial charge in [-0.25, -0.2) is 9.78 Å². The first-order chi connectivity index (χ1) is 19.0. The number of carboxylic acid groups (broad SMARTS) is 1. The highest BCUT2D eigenvalue weighted by molar-refractivity contribution is 5.94. The van der Waals surface area contributed by atoms with E-state index >= 15 is 0 Å². The zero-order valence-corrected chi connectivity index (χ0v) is 22.9. The number of phenolic OH excluding ortho intramolecular Hbond substituents is 1. The van der Waals surface area contributed by atoms with E-state index in [0.717, 1.165) is 5.56 Å². The zero-order chi connectivity index (χ0) is 29.7. The minimum absolute atomic E-state index is 0.0149. The van der Waals surface area contributed by atoms with E-state index in [2.05, 4.69) is 25.9 Å². The van der Waals surface area contributed by atoms with E-state index < -0.39 is 47.9 Å². The molecule has 40 heavy (non-hydrogen) atoms. The fraction of sp³-hybridized carbons (Fsp3) is 0.519. The molecule has 1 heterocycles. The molecule has 0 aliphatic carbocycles. The summed E-state index contributed by atoms with van der Waals surface area (Å²) in [6, 6.07) is 2.07. The lowest BCUT2D eigenvalue weighted by Gasteiger charge is -2.28.